The molecule has 0 unspecified atom stereocenters. The molecule has 0 amide bonds. The molecule has 7 heteroatoms. The topological polar surface area (TPSA) is 58.6 Å². The molecule has 0 radical (unpaired) electrons. The van der Waals surface area contributed by atoms with Crippen LogP contribution in [0.2, 0.25) is 0 Å². The van der Waals surface area contributed by atoms with Gasteiger partial charge in [-0.25, -0.2) is 0 Å². The smallest absolute Gasteiger partial charge is 0.0701 e. The van der Waals surface area contributed by atoms with Crippen LogP contribution in [0.4, 0.5) is 0 Å². The molecule has 0 aliphatic rings. The lowest BCUT2D eigenvalue weighted by molar-refractivity contribution is 0.00589. The van der Waals surface area contributed by atoms with Crippen molar-refractivity contribution in [1.82, 2.24) is 4.90 Å². The van der Waals surface area contributed by atoms with Crippen molar-refractivity contribution in [3.05, 3.63) is 0 Å². The molecule has 0 rings (SSSR count). The summed E-state index contributed by atoms with van der Waals surface area (Å²) < 4.78 is 32.8. The Kier molecular flexibility index (Phi) is 22.5. The van der Waals surface area contributed by atoms with Crippen LogP contribution < -0.4 is 0 Å². The maximum atomic E-state index is 5.65. The predicted octanol–water partition coefficient (Wildman–Crippen LogP) is 1.84. The van der Waals surface area contributed by atoms with E-state index in [-0.39, 0.29) is 0 Å². The molecule has 0 N–H and O–H groups in total. The summed E-state index contributed by atoms with van der Waals surface area (Å²) in [4.78, 5) is 2.31. The predicted molar refractivity (Wildman–Crippen MR) is 103 cm³/mol. The van der Waals surface area contributed by atoms with E-state index in [1.54, 1.807) is 0 Å². The fourth-order valence-corrected chi connectivity index (χ4v) is 2.11. The highest BCUT2D eigenvalue weighted by Gasteiger charge is 2.05. The van der Waals surface area contributed by atoms with Gasteiger partial charge in [-0.2, -0.15) is 0 Å². The normalized spacial score (nSPS) is 11.5. The lowest BCUT2D eigenvalue weighted by Crippen LogP contribution is -2.34. The van der Waals surface area contributed by atoms with Gasteiger partial charge in [0.2, 0.25) is 0 Å². The Morgan fingerprint density at radius 3 is 1.15 bits per heavy atom. The third-order valence-corrected chi connectivity index (χ3v) is 3.53. The number of ether oxygens (including phenoxy) is 6. The first-order valence-electron chi connectivity index (χ1n) is 10.0. The maximum Gasteiger partial charge on any atom is 0.0701 e. The van der Waals surface area contributed by atoms with E-state index in [0.717, 1.165) is 52.5 Å². The Morgan fingerprint density at radius 1 is 0.423 bits per heavy atom. The first-order valence-corrected chi connectivity index (χ1v) is 10.0. The molecule has 0 saturated carbocycles. The molecule has 7 nitrogen and oxygen atoms in total. The quantitative estimate of drug-likeness (QED) is 0.266. The summed E-state index contributed by atoms with van der Waals surface area (Å²) in [6.07, 6.45) is 1.05. The zero-order valence-electron chi connectivity index (χ0n) is 17.2. The third-order valence-electron chi connectivity index (χ3n) is 3.53. The van der Waals surface area contributed by atoms with Crippen molar-refractivity contribution in [2.75, 3.05) is 98.9 Å². The van der Waals surface area contributed by atoms with Gasteiger partial charge < -0.3 is 28.4 Å². The van der Waals surface area contributed by atoms with Gasteiger partial charge in [0.05, 0.1) is 59.5 Å². The van der Waals surface area contributed by atoms with E-state index in [1.165, 1.54) is 0 Å². The highest BCUT2D eigenvalue weighted by atomic mass is 16.5. The average Bonchev–Trinajstić information content (AvgIpc) is 2.65. The maximum absolute atomic E-state index is 5.65. The van der Waals surface area contributed by atoms with E-state index in [0.29, 0.717) is 52.9 Å². The molecular formula is C19H41NO6. The standard InChI is InChI=1S/C19H41NO6/c1-4-10-23-11-7-20(8-12-24-16-14-21-5-2)9-13-25-18-19-26-17-15-22-6-3/h4-19H2,1-3H3. The van der Waals surface area contributed by atoms with Gasteiger partial charge in [-0.15, -0.1) is 0 Å². The summed E-state index contributed by atoms with van der Waals surface area (Å²) >= 11 is 0. The Labute approximate surface area is 160 Å². The molecule has 158 valence electrons. The summed E-state index contributed by atoms with van der Waals surface area (Å²) in [5.41, 5.74) is 0. The van der Waals surface area contributed by atoms with Crippen molar-refractivity contribution >= 4 is 0 Å². The lowest BCUT2D eigenvalue weighted by Gasteiger charge is -2.22. The van der Waals surface area contributed by atoms with Gasteiger partial charge in [0.1, 0.15) is 0 Å². The second-order valence-electron chi connectivity index (χ2n) is 5.68. The molecule has 0 saturated heterocycles. The van der Waals surface area contributed by atoms with Gasteiger partial charge in [0.25, 0.3) is 0 Å². The van der Waals surface area contributed by atoms with Crippen LogP contribution in [0.1, 0.15) is 27.2 Å². The molecule has 0 aromatic heterocycles. The van der Waals surface area contributed by atoms with Crippen LogP contribution in [0, 0.1) is 0 Å². The van der Waals surface area contributed by atoms with Crippen molar-refractivity contribution in [2.24, 2.45) is 0 Å². The van der Waals surface area contributed by atoms with E-state index in [2.05, 4.69) is 11.8 Å². The van der Waals surface area contributed by atoms with Gasteiger partial charge >= 0.3 is 0 Å². The van der Waals surface area contributed by atoms with Crippen LogP contribution in [0.3, 0.4) is 0 Å². The average molecular weight is 380 g/mol. The zero-order chi connectivity index (χ0) is 19.1. The monoisotopic (exact) mass is 379 g/mol. The van der Waals surface area contributed by atoms with Crippen LogP contribution in [0.25, 0.3) is 0 Å². The van der Waals surface area contributed by atoms with Crippen molar-refractivity contribution in [2.45, 2.75) is 27.2 Å². The minimum Gasteiger partial charge on any atom is -0.380 e. The molecule has 0 spiro atoms. The number of hydrogen-bond donors (Lipinski definition) is 0. The Morgan fingerprint density at radius 2 is 0.769 bits per heavy atom. The summed E-state index contributed by atoms with van der Waals surface area (Å²) in [6.45, 7) is 16.9. The zero-order valence-corrected chi connectivity index (χ0v) is 17.2. The summed E-state index contributed by atoms with van der Waals surface area (Å²) in [5.74, 6) is 0. The number of hydrogen-bond acceptors (Lipinski definition) is 7. The van der Waals surface area contributed by atoms with Gasteiger partial charge in [0.15, 0.2) is 0 Å². The van der Waals surface area contributed by atoms with Crippen molar-refractivity contribution in [3.63, 3.8) is 0 Å². The second-order valence-corrected chi connectivity index (χ2v) is 5.68. The van der Waals surface area contributed by atoms with E-state index < -0.39 is 0 Å². The number of nitrogens with zero attached hydrogens (tertiary/aromatic N) is 1. The summed E-state index contributed by atoms with van der Waals surface area (Å²) in [5, 5.41) is 0. The van der Waals surface area contributed by atoms with Crippen molar-refractivity contribution < 1.29 is 28.4 Å². The molecule has 0 aliphatic heterocycles. The molecule has 0 aromatic rings. The van der Waals surface area contributed by atoms with E-state index >= 15 is 0 Å². The van der Waals surface area contributed by atoms with E-state index in [4.69, 9.17) is 28.4 Å². The summed E-state index contributed by atoms with van der Waals surface area (Å²) in [7, 11) is 0. The molecule has 26 heavy (non-hydrogen) atoms. The Bertz CT molecular complexity index is 258. The first kappa shape index (κ1) is 25.7. The molecule has 0 atom stereocenters. The molecule has 0 bridgehead atoms. The highest BCUT2D eigenvalue weighted by molar-refractivity contribution is 4.57. The first-order chi connectivity index (χ1) is 12.8. The number of rotatable bonds is 22. The molecular weight excluding hydrogens is 338 g/mol. The minimum atomic E-state index is 0.604. The summed E-state index contributed by atoms with van der Waals surface area (Å²) in [6, 6.07) is 0. The minimum absolute atomic E-state index is 0.604. The fourth-order valence-electron chi connectivity index (χ4n) is 2.11. The third kappa shape index (κ3) is 20.0. The van der Waals surface area contributed by atoms with Crippen molar-refractivity contribution in [3.8, 4) is 0 Å². The molecule has 0 fully saturated rings. The molecule has 0 heterocycles. The second kappa shape index (κ2) is 22.8. The SMILES string of the molecule is CCCOCCN(CCOCCOCC)CCOCCOCCOCC. The molecule has 0 aliphatic carbocycles. The van der Waals surface area contributed by atoms with Crippen molar-refractivity contribution in [1.29, 1.82) is 0 Å². The van der Waals surface area contributed by atoms with Gasteiger partial charge in [-0.1, -0.05) is 6.92 Å². The highest BCUT2D eigenvalue weighted by Crippen LogP contribution is 1.93. The van der Waals surface area contributed by atoms with E-state index in [1.807, 2.05) is 13.8 Å². The fraction of sp³-hybridized carbons (Fsp3) is 1.00. The Hall–Kier alpha value is -0.280. The van der Waals surface area contributed by atoms with Crippen LogP contribution in [0.15, 0.2) is 0 Å². The van der Waals surface area contributed by atoms with Gasteiger partial charge in [-0.3, -0.25) is 4.90 Å². The van der Waals surface area contributed by atoms with Gasteiger partial charge in [0, 0.05) is 39.5 Å². The van der Waals surface area contributed by atoms with Crippen LogP contribution >= 0.6 is 0 Å². The van der Waals surface area contributed by atoms with Crippen LogP contribution in [-0.4, -0.2) is 104 Å². The largest absolute Gasteiger partial charge is 0.380 e. The molecule has 0 aromatic carbocycles. The lowest BCUT2D eigenvalue weighted by atomic mass is 10.4. The Balaban J connectivity index is 3.68. The van der Waals surface area contributed by atoms with Crippen LogP contribution in [-0.2, 0) is 28.4 Å². The van der Waals surface area contributed by atoms with E-state index in [9.17, 15) is 0 Å². The van der Waals surface area contributed by atoms with Crippen LogP contribution in [0.5, 0.6) is 0 Å². The van der Waals surface area contributed by atoms with Gasteiger partial charge in [-0.05, 0) is 20.3 Å².